The van der Waals surface area contributed by atoms with Crippen molar-refractivity contribution in [2.24, 2.45) is 0 Å². The number of rotatable bonds is 6. The molecule has 0 saturated heterocycles. The Bertz CT molecular complexity index is 573. The number of nitrogens with one attached hydrogen (secondary N) is 2. The number of halogens is 1. The van der Waals surface area contributed by atoms with Crippen molar-refractivity contribution in [2.75, 3.05) is 23.6 Å². The summed E-state index contributed by atoms with van der Waals surface area (Å²) in [6.45, 7) is 5.34. The molecule has 0 bridgehead atoms. The summed E-state index contributed by atoms with van der Waals surface area (Å²) in [5.74, 6) is 0.524. The molecule has 0 unspecified atom stereocenters. The van der Waals surface area contributed by atoms with E-state index >= 15 is 0 Å². The van der Waals surface area contributed by atoms with Crippen molar-refractivity contribution in [1.29, 1.82) is 0 Å². The van der Waals surface area contributed by atoms with Crippen molar-refractivity contribution < 1.29 is 14.3 Å². The number of anilines is 1. The molecule has 7 heteroatoms. The normalized spacial score (nSPS) is 12.6. The molecule has 0 radical (unpaired) electrons. The summed E-state index contributed by atoms with van der Waals surface area (Å²) in [6.07, 6.45) is 4.12. The van der Waals surface area contributed by atoms with Gasteiger partial charge in [-0.25, -0.2) is 4.79 Å². The number of hydrogen-bond acceptors (Lipinski definition) is 3. The average Bonchev–Trinajstić information content (AvgIpc) is 2.43. The summed E-state index contributed by atoms with van der Waals surface area (Å²) < 4.78 is 5.25. The van der Waals surface area contributed by atoms with Crippen LogP contribution in [0.25, 0.3) is 0 Å². The Morgan fingerprint density at radius 2 is 1.88 bits per heavy atom. The molecule has 5 nitrogen and oxygen atoms in total. The van der Waals surface area contributed by atoms with Crippen LogP contribution in [0.15, 0.2) is 24.3 Å². The third kappa shape index (κ3) is 7.93. The molecule has 0 aromatic heterocycles. The van der Waals surface area contributed by atoms with E-state index < -0.39 is 17.7 Å². The van der Waals surface area contributed by atoms with E-state index in [1.165, 1.54) is 0 Å². The van der Waals surface area contributed by atoms with E-state index in [1.807, 2.05) is 0 Å². The third-order valence-electron chi connectivity index (χ3n) is 2.95. The Labute approximate surface area is 151 Å². The molecule has 1 rings (SSSR count). The van der Waals surface area contributed by atoms with Gasteiger partial charge in [-0.15, -0.1) is 0 Å². The van der Waals surface area contributed by atoms with Gasteiger partial charge in [0.2, 0.25) is 5.91 Å². The number of amides is 2. The second-order valence-electron chi connectivity index (χ2n) is 6.65. The zero-order valence-corrected chi connectivity index (χ0v) is 16.4. The number of hydrogen-bond donors (Lipinski definition) is 2. The minimum Gasteiger partial charge on any atom is -0.444 e. The Hall–Kier alpha value is -1.40. The van der Waals surface area contributed by atoms with Gasteiger partial charge in [0.05, 0.1) is 23.2 Å². The zero-order valence-electron chi connectivity index (χ0n) is 14.8. The van der Waals surface area contributed by atoms with E-state index in [9.17, 15) is 9.59 Å². The summed E-state index contributed by atoms with van der Waals surface area (Å²) in [6, 6.07) is 6.31. The number of para-hydroxylation sites is 1. The van der Waals surface area contributed by atoms with E-state index in [2.05, 4.69) is 23.1 Å². The number of benzene rings is 1. The molecular formula is C17H26ClN2O3S+. The lowest BCUT2D eigenvalue weighted by Crippen LogP contribution is -2.46. The lowest BCUT2D eigenvalue weighted by atomic mass is 10.2. The van der Waals surface area contributed by atoms with Crippen molar-refractivity contribution in [3.8, 4) is 0 Å². The fourth-order valence-corrected chi connectivity index (χ4v) is 2.74. The first-order chi connectivity index (χ1) is 11.1. The highest BCUT2D eigenvalue weighted by Gasteiger charge is 2.26. The molecule has 1 aromatic rings. The Balaban J connectivity index is 2.78. The summed E-state index contributed by atoms with van der Waals surface area (Å²) >= 11 is 6.07. The van der Waals surface area contributed by atoms with E-state index in [0.29, 0.717) is 17.1 Å². The molecule has 0 saturated carbocycles. The van der Waals surface area contributed by atoms with Gasteiger partial charge in [-0.3, -0.25) is 4.79 Å². The van der Waals surface area contributed by atoms with Crippen LogP contribution in [0.3, 0.4) is 0 Å². The molecule has 0 aliphatic rings. The van der Waals surface area contributed by atoms with Crippen LogP contribution < -0.4 is 10.6 Å². The molecule has 0 aliphatic carbocycles. The number of ether oxygens (including phenoxy) is 1. The van der Waals surface area contributed by atoms with Crippen LogP contribution >= 0.6 is 11.6 Å². The molecule has 0 spiro atoms. The molecule has 2 N–H and O–H groups in total. The Kier molecular flexibility index (Phi) is 7.90. The van der Waals surface area contributed by atoms with Crippen molar-refractivity contribution in [3.05, 3.63) is 29.3 Å². The highest BCUT2D eigenvalue weighted by molar-refractivity contribution is 7.95. The van der Waals surface area contributed by atoms with Crippen molar-refractivity contribution >= 4 is 40.2 Å². The van der Waals surface area contributed by atoms with Crippen molar-refractivity contribution in [1.82, 2.24) is 5.32 Å². The SMILES string of the molecule is C[S+](C)CC[C@H](NC(=O)OC(C)(C)C)C(=O)Nc1ccccc1Cl. The molecule has 0 heterocycles. The number of alkyl carbamates (subject to hydrolysis) is 1. The second-order valence-corrected chi connectivity index (χ2v) is 9.43. The van der Waals surface area contributed by atoms with Crippen LogP contribution in [0.5, 0.6) is 0 Å². The minimum atomic E-state index is -0.675. The average molecular weight is 374 g/mol. The van der Waals surface area contributed by atoms with Gasteiger partial charge in [-0.05, 0) is 43.8 Å². The fourth-order valence-electron chi connectivity index (χ4n) is 1.85. The van der Waals surface area contributed by atoms with Crippen molar-refractivity contribution in [2.45, 2.75) is 38.8 Å². The lowest BCUT2D eigenvalue weighted by Gasteiger charge is -2.23. The maximum atomic E-state index is 12.5. The van der Waals surface area contributed by atoms with Gasteiger partial charge in [0.1, 0.15) is 17.4 Å². The Morgan fingerprint density at radius 3 is 2.42 bits per heavy atom. The van der Waals surface area contributed by atoms with Gasteiger partial charge >= 0.3 is 6.09 Å². The summed E-state index contributed by atoms with van der Waals surface area (Å²) in [5.41, 5.74) is -0.0969. The minimum absolute atomic E-state index is 0.164. The lowest BCUT2D eigenvalue weighted by molar-refractivity contribution is -0.118. The second kappa shape index (κ2) is 9.18. The third-order valence-corrected chi connectivity index (χ3v) is 4.34. The predicted octanol–water partition coefficient (Wildman–Crippen LogP) is 3.44. The maximum absolute atomic E-state index is 12.5. The fraction of sp³-hybridized carbons (Fsp3) is 0.529. The first kappa shape index (κ1) is 20.6. The zero-order chi connectivity index (χ0) is 18.3. The summed E-state index contributed by atoms with van der Waals surface area (Å²) in [4.78, 5) is 24.5. The van der Waals surface area contributed by atoms with Gasteiger partial charge in [-0.1, -0.05) is 23.7 Å². The predicted molar refractivity (Wildman–Crippen MR) is 102 cm³/mol. The van der Waals surface area contributed by atoms with Crippen LogP contribution in [0.4, 0.5) is 10.5 Å². The number of carbonyl (C=O) groups excluding carboxylic acids is 2. The van der Waals surface area contributed by atoms with Gasteiger partial charge in [0.15, 0.2) is 0 Å². The van der Waals surface area contributed by atoms with Gasteiger partial charge in [0, 0.05) is 6.42 Å². The van der Waals surface area contributed by atoms with E-state index in [1.54, 1.807) is 45.0 Å². The topological polar surface area (TPSA) is 67.4 Å². The molecule has 24 heavy (non-hydrogen) atoms. The first-order valence-corrected chi connectivity index (χ1v) is 10.3. The Morgan fingerprint density at radius 1 is 1.25 bits per heavy atom. The molecule has 1 aromatic carbocycles. The summed E-state index contributed by atoms with van der Waals surface area (Å²) in [5, 5.41) is 5.87. The molecule has 0 fully saturated rings. The van der Waals surface area contributed by atoms with Crippen LogP contribution in [-0.4, -0.2) is 41.9 Å². The first-order valence-electron chi connectivity index (χ1n) is 7.67. The standard InChI is InChI=1S/C17H25ClN2O3S/c1-17(2,3)23-16(22)20-14(10-11-24(4)5)15(21)19-13-9-7-6-8-12(13)18/h6-9,14H,10-11H2,1-5H3,(H-,19,20,21,22)/p+1/t14-/m0/s1. The van der Waals surface area contributed by atoms with Gasteiger partial charge < -0.3 is 15.4 Å². The van der Waals surface area contributed by atoms with E-state index in [-0.39, 0.29) is 16.8 Å². The van der Waals surface area contributed by atoms with E-state index in [4.69, 9.17) is 16.3 Å². The van der Waals surface area contributed by atoms with Crippen LogP contribution in [0, 0.1) is 0 Å². The van der Waals surface area contributed by atoms with E-state index in [0.717, 1.165) is 5.75 Å². The van der Waals surface area contributed by atoms with Gasteiger partial charge in [0.25, 0.3) is 0 Å². The largest absolute Gasteiger partial charge is 0.444 e. The highest BCUT2D eigenvalue weighted by atomic mass is 35.5. The molecule has 0 aliphatic heterocycles. The van der Waals surface area contributed by atoms with Crippen LogP contribution in [0.1, 0.15) is 27.2 Å². The number of carbonyl (C=O) groups is 2. The van der Waals surface area contributed by atoms with Crippen molar-refractivity contribution in [3.63, 3.8) is 0 Å². The quantitative estimate of drug-likeness (QED) is 0.750. The van der Waals surface area contributed by atoms with Gasteiger partial charge in [-0.2, -0.15) is 0 Å². The molecule has 134 valence electrons. The maximum Gasteiger partial charge on any atom is 0.408 e. The molecular weight excluding hydrogens is 348 g/mol. The monoisotopic (exact) mass is 373 g/mol. The highest BCUT2D eigenvalue weighted by Crippen LogP contribution is 2.20. The summed E-state index contributed by atoms with van der Waals surface area (Å²) in [7, 11) is 0.164. The molecule has 2 amide bonds. The van der Waals surface area contributed by atoms with Crippen LogP contribution in [-0.2, 0) is 20.4 Å². The molecule has 1 atom stereocenters. The smallest absolute Gasteiger partial charge is 0.408 e. The van der Waals surface area contributed by atoms with Crippen LogP contribution in [0.2, 0.25) is 5.02 Å².